The van der Waals surface area contributed by atoms with Crippen molar-refractivity contribution < 1.29 is 19.8 Å². The van der Waals surface area contributed by atoms with Gasteiger partial charge in [-0.25, -0.2) is 9.59 Å². The molecular weight excluding hydrogens is 383 g/mol. The summed E-state index contributed by atoms with van der Waals surface area (Å²) in [5, 5.41) is 20.0. The predicted octanol–water partition coefficient (Wildman–Crippen LogP) is 5.79. The van der Waals surface area contributed by atoms with Crippen molar-refractivity contribution in [3.8, 4) is 22.3 Å². The van der Waals surface area contributed by atoms with E-state index in [1.54, 1.807) is 48.5 Å². The molecule has 1 heterocycles. The molecule has 0 aliphatic carbocycles. The lowest BCUT2D eigenvalue weighted by atomic mass is 9.94. The molecule has 0 atom stereocenters. The van der Waals surface area contributed by atoms with Crippen molar-refractivity contribution in [3.63, 3.8) is 0 Å². The Hall–Kier alpha value is -2.34. The molecule has 1 aromatic heterocycles. The summed E-state index contributed by atoms with van der Waals surface area (Å²) >= 11 is 12.8. The summed E-state index contributed by atoms with van der Waals surface area (Å²) in [5.41, 5.74) is 1.70. The Morgan fingerprint density at radius 1 is 0.760 bits per heavy atom. The van der Waals surface area contributed by atoms with Crippen LogP contribution in [0.3, 0.4) is 0 Å². The molecule has 2 aromatic carbocycles. The number of carbonyl (C=O) groups is 2. The van der Waals surface area contributed by atoms with Crippen molar-refractivity contribution in [2.75, 3.05) is 0 Å². The number of hydrogen-bond acceptors (Lipinski definition) is 3. The van der Waals surface area contributed by atoms with Gasteiger partial charge < -0.3 is 10.2 Å². The monoisotopic (exact) mass is 392 g/mol. The summed E-state index contributed by atoms with van der Waals surface area (Å²) in [5.74, 6) is -2.40. The lowest BCUT2D eigenvalue weighted by Gasteiger charge is -2.09. The fourth-order valence-electron chi connectivity index (χ4n) is 2.57. The van der Waals surface area contributed by atoms with Gasteiger partial charge in [0.05, 0.1) is 0 Å². The zero-order valence-corrected chi connectivity index (χ0v) is 14.8. The SMILES string of the molecule is O=C(O)c1sc(C(=O)O)c(-c2cccc(Cl)c2)c1-c1cccc(Cl)c1. The molecule has 0 bridgehead atoms. The highest BCUT2D eigenvalue weighted by Gasteiger charge is 2.28. The Morgan fingerprint density at radius 2 is 1.16 bits per heavy atom. The van der Waals surface area contributed by atoms with Crippen LogP contribution in [-0.2, 0) is 0 Å². The van der Waals surface area contributed by atoms with Crippen molar-refractivity contribution in [2.45, 2.75) is 0 Å². The Balaban J connectivity index is 2.42. The van der Waals surface area contributed by atoms with Crippen LogP contribution in [0, 0.1) is 0 Å². The number of carboxylic acids is 2. The highest BCUT2D eigenvalue weighted by atomic mass is 35.5. The van der Waals surface area contributed by atoms with Crippen LogP contribution < -0.4 is 0 Å². The van der Waals surface area contributed by atoms with Crippen molar-refractivity contribution >= 4 is 46.5 Å². The van der Waals surface area contributed by atoms with Crippen LogP contribution >= 0.6 is 34.5 Å². The molecule has 0 aliphatic rings. The van der Waals surface area contributed by atoms with E-state index in [9.17, 15) is 19.8 Å². The first-order valence-electron chi connectivity index (χ1n) is 7.03. The normalized spacial score (nSPS) is 10.6. The molecule has 0 saturated carbocycles. The Morgan fingerprint density at radius 3 is 1.48 bits per heavy atom. The third-order valence-corrected chi connectivity index (χ3v) is 5.16. The van der Waals surface area contributed by atoms with Gasteiger partial charge in [0.15, 0.2) is 0 Å². The largest absolute Gasteiger partial charge is 0.477 e. The van der Waals surface area contributed by atoms with Gasteiger partial charge in [-0.05, 0) is 35.4 Å². The van der Waals surface area contributed by atoms with Crippen LogP contribution in [0.4, 0.5) is 0 Å². The lowest BCUT2D eigenvalue weighted by Crippen LogP contribution is -1.97. The topological polar surface area (TPSA) is 74.6 Å². The van der Waals surface area contributed by atoms with E-state index in [0.717, 1.165) is 11.3 Å². The first-order chi connectivity index (χ1) is 11.9. The Bertz CT molecular complexity index is 916. The molecule has 126 valence electrons. The maximum atomic E-state index is 11.7. The number of hydrogen-bond donors (Lipinski definition) is 2. The second-order valence-electron chi connectivity index (χ2n) is 5.14. The molecule has 0 saturated heterocycles. The zero-order valence-electron chi connectivity index (χ0n) is 12.5. The maximum Gasteiger partial charge on any atom is 0.346 e. The second-order valence-corrected chi connectivity index (χ2v) is 7.03. The van der Waals surface area contributed by atoms with Gasteiger partial charge in [-0.3, -0.25) is 0 Å². The standard InChI is InChI=1S/C18H10Cl2O4S/c19-11-5-1-3-9(7-11)13-14(10-4-2-6-12(20)8-10)16(18(23)24)25-15(13)17(21)22/h1-8H,(H,21,22)(H,23,24). The number of carboxylic acid groups (broad SMARTS) is 2. The number of aromatic carboxylic acids is 2. The van der Waals surface area contributed by atoms with Crippen LogP contribution in [-0.4, -0.2) is 22.2 Å². The lowest BCUT2D eigenvalue weighted by molar-refractivity contribution is 0.0694. The summed E-state index contributed by atoms with van der Waals surface area (Å²) in [6.45, 7) is 0. The van der Waals surface area contributed by atoms with E-state index in [1.807, 2.05) is 0 Å². The quantitative estimate of drug-likeness (QED) is 0.589. The first-order valence-corrected chi connectivity index (χ1v) is 8.61. The van der Waals surface area contributed by atoms with Crippen LogP contribution in [0.25, 0.3) is 22.3 Å². The summed E-state index contributed by atoms with van der Waals surface area (Å²) in [4.78, 5) is 23.3. The third kappa shape index (κ3) is 3.39. The molecule has 7 heteroatoms. The summed E-state index contributed by atoms with van der Waals surface area (Å²) in [6, 6.07) is 13.3. The molecule has 0 radical (unpaired) electrons. The molecule has 3 rings (SSSR count). The molecule has 0 aliphatic heterocycles. The van der Waals surface area contributed by atoms with Gasteiger partial charge >= 0.3 is 11.9 Å². The summed E-state index contributed by atoms with van der Waals surface area (Å²) in [6.07, 6.45) is 0. The molecule has 3 aromatic rings. The van der Waals surface area contributed by atoms with Gasteiger partial charge in [-0.15, -0.1) is 11.3 Å². The first kappa shape index (κ1) is 17.5. The van der Waals surface area contributed by atoms with E-state index in [0.29, 0.717) is 32.3 Å². The molecule has 2 N–H and O–H groups in total. The fraction of sp³-hybridized carbons (Fsp3) is 0. The van der Waals surface area contributed by atoms with E-state index in [2.05, 4.69) is 0 Å². The van der Waals surface area contributed by atoms with Crippen molar-refractivity contribution in [1.82, 2.24) is 0 Å². The predicted molar refractivity (Wildman–Crippen MR) is 99.1 cm³/mol. The van der Waals surface area contributed by atoms with Crippen LogP contribution in [0.5, 0.6) is 0 Å². The number of benzene rings is 2. The average molecular weight is 393 g/mol. The van der Waals surface area contributed by atoms with E-state index in [4.69, 9.17) is 23.2 Å². The van der Waals surface area contributed by atoms with Crippen LogP contribution in [0.2, 0.25) is 10.0 Å². The molecule has 0 amide bonds. The Kier molecular flexibility index (Phi) is 4.81. The summed E-state index contributed by atoms with van der Waals surface area (Å²) in [7, 11) is 0. The van der Waals surface area contributed by atoms with Gasteiger partial charge in [-0.2, -0.15) is 0 Å². The van der Waals surface area contributed by atoms with Gasteiger partial charge in [0.1, 0.15) is 9.75 Å². The van der Waals surface area contributed by atoms with Gasteiger partial charge in [0.2, 0.25) is 0 Å². The van der Waals surface area contributed by atoms with Crippen LogP contribution in [0.15, 0.2) is 48.5 Å². The smallest absolute Gasteiger partial charge is 0.346 e. The highest BCUT2D eigenvalue weighted by Crippen LogP contribution is 2.44. The minimum Gasteiger partial charge on any atom is -0.477 e. The van der Waals surface area contributed by atoms with Gasteiger partial charge in [0.25, 0.3) is 0 Å². The van der Waals surface area contributed by atoms with Gasteiger partial charge in [-0.1, -0.05) is 47.5 Å². The number of thiophene rings is 1. The zero-order chi connectivity index (χ0) is 18.1. The van der Waals surface area contributed by atoms with Gasteiger partial charge in [0, 0.05) is 21.2 Å². The molecule has 4 nitrogen and oxygen atoms in total. The molecule has 0 fully saturated rings. The van der Waals surface area contributed by atoms with Crippen molar-refractivity contribution in [3.05, 3.63) is 68.3 Å². The molecule has 0 unspecified atom stereocenters. The molecule has 0 spiro atoms. The maximum absolute atomic E-state index is 11.7. The summed E-state index contributed by atoms with van der Waals surface area (Å²) < 4.78 is 0. The third-order valence-electron chi connectivity index (χ3n) is 3.52. The van der Waals surface area contributed by atoms with E-state index >= 15 is 0 Å². The molecule has 25 heavy (non-hydrogen) atoms. The number of halogens is 2. The second kappa shape index (κ2) is 6.88. The van der Waals surface area contributed by atoms with Crippen molar-refractivity contribution in [1.29, 1.82) is 0 Å². The van der Waals surface area contributed by atoms with Crippen molar-refractivity contribution in [2.24, 2.45) is 0 Å². The average Bonchev–Trinajstić information content (AvgIpc) is 2.96. The fourth-order valence-corrected chi connectivity index (χ4v) is 3.97. The van der Waals surface area contributed by atoms with E-state index in [-0.39, 0.29) is 9.75 Å². The minimum absolute atomic E-state index is 0.0605. The highest BCUT2D eigenvalue weighted by molar-refractivity contribution is 7.17. The minimum atomic E-state index is -1.20. The Labute approximate surface area is 156 Å². The number of rotatable bonds is 4. The van der Waals surface area contributed by atoms with E-state index in [1.165, 1.54) is 0 Å². The van der Waals surface area contributed by atoms with E-state index < -0.39 is 11.9 Å². The van der Waals surface area contributed by atoms with Crippen LogP contribution in [0.1, 0.15) is 19.3 Å². The molecular formula is C18H10Cl2O4S.